The van der Waals surface area contributed by atoms with Crippen LogP contribution in [0.25, 0.3) is 10.9 Å². The van der Waals surface area contributed by atoms with E-state index in [-0.39, 0.29) is 5.56 Å². The molecule has 2 heterocycles. The smallest absolute Gasteiger partial charge is 0.341 e. The summed E-state index contributed by atoms with van der Waals surface area (Å²) < 4.78 is 5.36. The van der Waals surface area contributed by atoms with E-state index in [2.05, 4.69) is 10.3 Å². The Kier molecular flexibility index (Phi) is 5.41. The van der Waals surface area contributed by atoms with Crippen molar-refractivity contribution in [2.45, 2.75) is 26.9 Å². The van der Waals surface area contributed by atoms with Gasteiger partial charge in [0.2, 0.25) is 0 Å². The molecule has 1 atom stereocenters. The highest BCUT2D eigenvalue weighted by molar-refractivity contribution is 7.14. The zero-order valence-corrected chi connectivity index (χ0v) is 16.4. The number of aromatic nitrogens is 1. The van der Waals surface area contributed by atoms with Crippen LogP contribution >= 0.6 is 11.3 Å². The number of primary amides is 1. The van der Waals surface area contributed by atoms with Crippen molar-refractivity contribution in [3.05, 3.63) is 58.1 Å². The first kappa shape index (κ1) is 19.5. The van der Waals surface area contributed by atoms with Crippen molar-refractivity contribution in [1.82, 2.24) is 4.98 Å². The molecule has 0 radical (unpaired) electrons. The van der Waals surface area contributed by atoms with Crippen LogP contribution in [0.5, 0.6) is 0 Å². The molecule has 3 N–H and O–H groups in total. The second kappa shape index (κ2) is 7.77. The van der Waals surface area contributed by atoms with E-state index in [0.717, 1.165) is 27.8 Å². The normalized spacial score (nSPS) is 11.8. The number of aryl methyl sites for hydroxylation is 2. The van der Waals surface area contributed by atoms with Gasteiger partial charge in [-0.15, -0.1) is 11.3 Å². The number of para-hydroxylation sites is 1. The van der Waals surface area contributed by atoms with Crippen LogP contribution in [0.3, 0.4) is 0 Å². The molecule has 0 saturated heterocycles. The third kappa shape index (κ3) is 3.72. The van der Waals surface area contributed by atoms with Gasteiger partial charge in [0.25, 0.3) is 11.8 Å². The number of nitrogens with zero attached hydrogens (tertiary/aromatic N) is 1. The highest BCUT2D eigenvalue weighted by atomic mass is 32.1. The van der Waals surface area contributed by atoms with E-state index in [4.69, 9.17) is 10.5 Å². The van der Waals surface area contributed by atoms with Crippen LogP contribution in [-0.4, -0.2) is 28.9 Å². The van der Waals surface area contributed by atoms with Gasteiger partial charge in [0.05, 0.1) is 22.3 Å². The lowest BCUT2D eigenvalue weighted by Gasteiger charge is -2.16. The topological polar surface area (TPSA) is 111 Å². The van der Waals surface area contributed by atoms with Crippen LogP contribution in [-0.2, 0) is 9.53 Å². The number of fused-ring (bicyclic) bond motifs is 1. The maximum atomic E-state index is 12.7. The summed E-state index contributed by atoms with van der Waals surface area (Å²) in [6, 6.07) is 9.02. The molecule has 0 aliphatic rings. The summed E-state index contributed by atoms with van der Waals surface area (Å²) in [7, 11) is 0. The first-order chi connectivity index (χ1) is 13.3. The number of pyridine rings is 1. The van der Waals surface area contributed by atoms with Crippen LogP contribution < -0.4 is 11.1 Å². The number of amides is 2. The number of hydrogen-bond acceptors (Lipinski definition) is 6. The van der Waals surface area contributed by atoms with Crippen molar-refractivity contribution in [2.24, 2.45) is 5.73 Å². The summed E-state index contributed by atoms with van der Waals surface area (Å²) in [5, 5.41) is 5.38. The maximum absolute atomic E-state index is 12.7. The number of nitrogens with two attached hydrogens (primary N) is 1. The van der Waals surface area contributed by atoms with Gasteiger partial charge < -0.3 is 15.8 Å². The Hall–Kier alpha value is -3.26. The molecule has 144 valence electrons. The number of ether oxygens (including phenoxy) is 1. The second-order valence-corrected chi connectivity index (χ2v) is 7.19. The van der Waals surface area contributed by atoms with Gasteiger partial charge in [-0.25, -0.2) is 4.79 Å². The van der Waals surface area contributed by atoms with Crippen LogP contribution in [0.4, 0.5) is 5.00 Å². The molecular weight excluding hydrogens is 378 g/mol. The number of thiophene rings is 1. The Morgan fingerprint density at radius 1 is 1.18 bits per heavy atom. The van der Waals surface area contributed by atoms with Crippen LogP contribution in [0.1, 0.15) is 38.9 Å². The quantitative estimate of drug-likeness (QED) is 0.642. The fraction of sp³-hybridized carbons (Fsp3) is 0.200. The molecule has 2 amide bonds. The number of carbonyl (C=O) groups excluding carboxylic acids is 3. The van der Waals surface area contributed by atoms with Crippen LogP contribution in [0.2, 0.25) is 0 Å². The monoisotopic (exact) mass is 397 g/mol. The average Bonchev–Trinajstić information content (AvgIpc) is 3.10. The van der Waals surface area contributed by atoms with Crippen molar-refractivity contribution in [3.8, 4) is 0 Å². The van der Waals surface area contributed by atoms with Crippen molar-refractivity contribution in [2.75, 3.05) is 5.32 Å². The predicted molar refractivity (Wildman–Crippen MR) is 108 cm³/mol. The SMILES string of the molecule is Cc1nc2ccccc2c(C)c1C(=O)OC(C)C(=O)Nc1sccc1C(N)=O. The number of carbonyl (C=O) groups is 3. The van der Waals surface area contributed by atoms with Gasteiger partial charge in [0.1, 0.15) is 5.00 Å². The number of rotatable bonds is 5. The van der Waals surface area contributed by atoms with E-state index in [1.54, 1.807) is 12.3 Å². The zero-order valence-electron chi connectivity index (χ0n) is 15.6. The van der Waals surface area contributed by atoms with Gasteiger partial charge in [-0.1, -0.05) is 18.2 Å². The lowest BCUT2D eigenvalue weighted by Crippen LogP contribution is -2.31. The van der Waals surface area contributed by atoms with Crippen LogP contribution in [0, 0.1) is 13.8 Å². The zero-order chi connectivity index (χ0) is 20.4. The first-order valence-electron chi connectivity index (χ1n) is 8.54. The van der Waals surface area contributed by atoms with Crippen molar-refractivity contribution >= 4 is 45.0 Å². The molecule has 0 fully saturated rings. The van der Waals surface area contributed by atoms with Crippen LogP contribution in [0.15, 0.2) is 35.7 Å². The Labute approximate surface area is 165 Å². The molecule has 7 nitrogen and oxygen atoms in total. The molecule has 0 aliphatic heterocycles. The number of nitrogens with one attached hydrogen (secondary N) is 1. The summed E-state index contributed by atoms with van der Waals surface area (Å²) in [5.74, 6) is -1.82. The fourth-order valence-corrected chi connectivity index (χ4v) is 3.71. The number of anilines is 1. The summed E-state index contributed by atoms with van der Waals surface area (Å²) >= 11 is 1.16. The molecule has 0 aliphatic carbocycles. The summed E-state index contributed by atoms with van der Waals surface area (Å²) in [6.45, 7) is 5.01. The van der Waals surface area contributed by atoms with Gasteiger partial charge >= 0.3 is 5.97 Å². The number of esters is 1. The average molecular weight is 397 g/mol. The standard InChI is InChI=1S/C20H19N3O4S/c1-10-13-6-4-5-7-15(13)22-11(2)16(10)20(26)27-12(3)18(25)23-19-14(17(21)24)8-9-28-19/h4-9,12H,1-3H3,(H2,21,24)(H,23,25). The van der Waals surface area contributed by atoms with E-state index >= 15 is 0 Å². The van der Waals surface area contributed by atoms with E-state index in [1.807, 2.05) is 31.2 Å². The highest BCUT2D eigenvalue weighted by Crippen LogP contribution is 2.25. The van der Waals surface area contributed by atoms with Gasteiger partial charge in [0, 0.05) is 5.39 Å². The van der Waals surface area contributed by atoms with Gasteiger partial charge in [-0.3, -0.25) is 14.6 Å². The summed E-state index contributed by atoms with van der Waals surface area (Å²) in [4.78, 5) is 40.9. The lowest BCUT2D eigenvalue weighted by atomic mass is 10.0. The lowest BCUT2D eigenvalue weighted by molar-refractivity contribution is -0.123. The molecule has 3 aromatic rings. The van der Waals surface area contributed by atoms with E-state index in [1.165, 1.54) is 13.0 Å². The van der Waals surface area contributed by atoms with Crippen molar-refractivity contribution in [3.63, 3.8) is 0 Å². The second-order valence-electron chi connectivity index (χ2n) is 6.28. The minimum Gasteiger partial charge on any atom is -0.449 e. The first-order valence-corrected chi connectivity index (χ1v) is 9.42. The third-order valence-electron chi connectivity index (χ3n) is 4.36. The van der Waals surface area contributed by atoms with E-state index in [0.29, 0.717) is 16.3 Å². The number of hydrogen-bond donors (Lipinski definition) is 2. The fourth-order valence-electron chi connectivity index (χ4n) is 2.92. The number of benzene rings is 1. The van der Waals surface area contributed by atoms with Gasteiger partial charge in [-0.05, 0) is 43.8 Å². The highest BCUT2D eigenvalue weighted by Gasteiger charge is 2.24. The predicted octanol–water partition coefficient (Wildman–Crippen LogP) is 3.20. The van der Waals surface area contributed by atoms with E-state index < -0.39 is 23.9 Å². The minimum atomic E-state index is -1.07. The Morgan fingerprint density at radius 3 is 2.61 bits per heavy atom. The van der Waals surface area contributed by atoms with E-state index in [9.17, 15) is 14.4 Å². The largest absolute Gasteiger partial charge is 0.449 e. The molecule has 0 bridgehead atoms. The minimum absolute atomic E-state index is 0.210. The molecule has 8 heteroatoms. The van der Waals surface area contributed by atoms with Gasteiger partial charge in [0.15, 0.2) is 6.10 Å². The molecular formula is C20H19N3O4S. The molecule has 3 rings (SSSR count). The molecule has 1 aromatic carbocycles. The molecule has 0 spiro atoms. The molecule has 28 heavy (non-hydrogen) atoms. The van der Waals surface area contributed by atoms with Crippen molar-refractivity contribution < 1.29 is 19.1 Å². The van der Waals surface area contributed by atoms with Crippen molar-refractivity contribution in [1.29, 1.82) is 0 Å². The third-order valence-corrected chi connectivity index (χ3v) is 5.19. The Balaban J connectivity index is 1.79. The molecule has 0 saturated carbocycles. The molecule has 1 unspecified atom stereocenters. The van der Waals surface area contributed by atoms with Gasteiger partial charge in [-0.2, -0.15) is 0 Å². The summed E-state index contributed by atoms with van der Waals surface area (Å²) in [5.41, 5.74) is 7.89. The Bertz CT molecular complexity index is 1090. The molecule has 2 aromatic heterocycles. The Morgan fingerprint density at radius 2 is 1.89 bits per heavy atom. The summed E-state index contributed by atoms with van der Waals surface area (Å²) in [6.07, 6.45) is -1.07. The maximum Gasteiger partial charge on any atom is 0.341 e.